The molecule has 35 heavy (non-hydrogen) atoms. The Bertz CT molecular complexity index is 1170. The van der Waals surface area contributed by atoms with Crippen LogP contribution in [0.3, 0.4) is 0 Å². The van der Waals surface area contributed by atoms with E-state index in [1.165, 1.54) is 17.3 Å². The van der Waals surface area contributed by atoms with Crippen molar-refractivity contribution in [3.8, 4) is 11.8 Å². The van der Waals surface area contributed by atoms with Crippen LogP contribution >= 0.6 is 23.5 Å². The summed E-state index contributed by atoms with van der Waals surface area (Å²) in [5.74, 6) is 7.18. The van der Waals surface area contributed by atoms with Crippen LogP contribution in [0.1, 0.15) is 12.8 Å². The minimum atomic E-state index is -0.188. The molecule has 1 fully saturated rings. The van der Waals surface area contributed by atoms with Gasteiger partial charge in [-0.1, -0.05) is 41.8 Å². The monoisotopic (exact) mass is 505 g/mol. The van der Waals surface area contributed by atoms with Crippen molar-refractivity contribution >= 4 is 41.6 Å². The lowest BCUT2D eigenvalue weighted by Gasteiger charge is -2.26. The standard InChI is InChI=1S/C25H27N7OS2/c1-3-8-19(9-4-1)21-18-27-24(35-21)30-23-28-22(26-12-7-13-32-14-16-33-17-15-32)29-25(31-23)34-20-10-5-2-6-11-20/h2-3,5-6,8,10-11,18,24H,7,9,12-17H2,(H2,26,28,29,30,31)/b21-19-. The molecule has 0 saturated carbocycles. The molecular formula is C25H27N7OS2. The van der Waals surface area contributed by atoms with Crippen molar-refractivity contribution in [3.63, 3.8) is 0 Å². The lowest BCUT2D eigenvalue weighted by atomic mass is 10.1. The first-order chi connectivity index (χ1) is 17.3. The summed E-state index contributed by atoms with van der Waals surface area (Å²) < 4.78 is 5.43. The molecular weight excluding hydrogens is 478 g/mol. The summed E-state index contributed by atoms with van der Waals surface area (Å²) in [6.45, 7) is 5.45. The number of hydrogen-bond acceptors (Lipinski definition) is 10. The molecule has 3 heterocycles. The molecule has 5 rings (SSSR count). The molecule has 8 nitrogen and oxygen atoms in total. The number of nitrogens with one attached hydrogen (secondary N) is 2. The second-order valence-corrected chi connectivity index (χ2v) is 10.2. The van der Waals surface area contributed by atoms with Gasteiger partial charge in [0.15, 0.2) is 10.7 Å². The van der Waals surface area contributed by atoms with E-state index in [9.17, 15) is 0 Å². The van der Waals surface area contributed by atoms with Crippen molar-refractivity contribution in [2.75, 3.05) is 50.0 Å². The molecule has 180 valence electrons. The molecule has 1 aliphatic carbocycles. The largest absolute Gasteiger partial charge is 0.379 e. The van der Waals surface area contributed by atoms with Crippen LogP contribution in [0.2, 0.25) is 0 Å². The number of nitrogens with zero attached hydrogens (tertiary/aromatic N) is 5. The van der Waals surface area contributed by atoms with Crippen molar-refractivity contribution in [1.29, 1.82) is 0 Å². The van der Waals surface area contributed by atoms with Gasteiger partial charge in [0.25, 0.3) is 0 Å². The number of aromatic nitrogens is 3. The van der Waals surface area contributed by atoms with Crippen molar-refractivity contribution < 1.29 is 4.74 Å². The molecule has 0 amide bonds. The molecule has 1 unspecified atom stereocenters. The highest BCUT2D eigenvalue weighted by Crippen LogP contribution is 2.33. The van der Waals surface area contributed by atoms with E-state index in [0.717, 1.165) is 62.0 Å². The SMILES string of the molecule is C1#CC/C(=C2/C=NC(Nc3nc(NCCCN4CCOCC4)nc(Sc4ccccc4)n3)S2)C=C1. The first-order valence-corrected chi connectivity index (χ1v) is 13.4. The third kappa shape index (κ3) is 7.08. The molecule has 3 aliphatic rings. The van der Waals surface area contributed by atoms with Gasteiger partial charge in [0, 0.05) is 42.1 Å². The summed E-state index contributed by atoms with van der Waals surface area (Å²) in [5.41, 5.74) is 1.01. The molecule has 0 spiro atoms. The van der Waals surface area contributed by atoms with Crippen LogP contribution in [-0.4, -0.2) is 71.0 Å². The zero-order valence-corrected chi connectivity index (χ0v) is 20.9. The van der Waals surface area contributed by atoms with Crippen LogP contribution in [0, 0.1) is 11.8 Å². The average Bonchev–Trinajstić information content (AvgIpc) is 3.37. The highest BCUT2D eigenvalue weighted by molar-refractivity contribution is 8.05. The maximum atomic E-state index is 5.43. The van der Waals surface area contributed by atoms with Crippen molar-refractivity contribution in [3.05, 3.63) is 53.0 Å². The van der Waals surface area contributed by atoms with E-state index in [4.69, 9.17) is 4.74 Å². The number of anilines is 2. The van der Waals surface area contributed by atoms with E-state index in [0.29, 0.717) is 17.1 Å². The van der Waals surface area contributed by atoms with Crippen molar-refractivity contribution in [2.24, 2.45) is 4.99 Å². The van der Waals surface area contributed by atoms with Gasteiger partial charge in [0.2, 0.25) is 11.9 Å². The Labute approximate surface area is 214 Å². The summed E-state index contributed by atoms with van der Waals surface area (Å²) in [6, 6.07) is 10.1. The van der Waals surface area contributed by atoms with E-state index in [2.05, 4.69) is 53.4 Å². The molecule has 1 aromatic carbocycles. The summed E-state index contributed by atoms with van der Waals surface area (Å²) in [6.07, 6.45) is 7.60. The maximum Gasteiger partial charge on any atom is 0.230 e. The Kier molecular flexibility index (Phi) is 8.34. The van der Waals surface area contributed by atoms with Crippen LogP contribution < -0.4 is 10.6 Å². The first kappa shape index (κ1) is 23.9. The van der Waals surface area contributed by atoms with Crippen LogP contribution in [-0.2, 0) is 4.74 Å². The molecule has 10 heteroatoms. The first-order valence-electron chi connectivity index (χ1n) is 11.7. The summed E-state index contributed by atoms with van der Waals surface area (Å²) >= 11 is 3.16. The fourth-order valence-electron chi connectivity index (χ4n) is 3.70. The predicted molar refractivity (Wildman–Crippen MR) is 143 cm³/mol. The minimum absolute atomic E-state index is 0.188. The fourth-order valence-corrected chi connectivity index (χ4v) is 5.40. The third-order valence-electron chi connectivity index (χ3n) is 5.49. The van der Waals surface area contributed by atoms with Gasteiger partial charge >= 0.3 is 0 Å². The molecule has 1 saturated heterocycles. The number of aliphatic imine (C=N–C) groups is 1. The number of allylic oxidation sites excluding steroid dienone is 4. The van der Waals surface area contributed by atoms with Crippen LogP contribution in [0.15, 0.2) is 68.0 Å². The smallest absolute Gasteiger partial charge is 0.230 e. The maximum absolute atomic E-state index is 5.43. The Morgan fingerprint density at radius 2 is 1.97 bits per heavy atom. The van der Waals surface area contributed by atoms with E-state index in [1.807, 2.05) is 42.6 Å². The third-order valence-corrected chi connectivity index (χ3v) is 7.45. The van der Waals surface area contributed by atoms with Crippen LogP contribution in [0.4, 0.5) is 11.9 Å². The lowest BCUT2D eigenvalue weighted by Crippen LogP contribution is -2.37. The molecule has 2 aliphatic heterocycles. The fraction of sp³-hybridized carbons (Fsp3) is 0.360. The van der Waals surface area contributed by atoms with Crippen LogP contribution in [0.5, 0.6) is 0 Å². The number of thioether (sulfide) groups is 1. The van der Waals surface area contributed by atoms with Gasteiger partial charge in [0.05, 0.1) is 13.2 Å². The van der Waals surface area contributed by atoms with E-state index in [1.54, 1.807) is 11.8 Å². The molecule has 1 aromatic heterocycles. The van der Waals surface area contributed by atoms with Gasteiger partial charge < -0.3 is 15.4 Å². The number of hydrogen-bond donors (Lipinski definition) is 2. The Hall–Kier alpha value is -2.84. The molecule has 2 N–H and O–H groups in total. The van der Waals surface area contributed by atoms with E-state index < -0.39 is 0 Å². The second-order valence-electron chi connectivity index (χ2n) is 8.03. The topological polar surface area (TPSA) is 87.6 Å². The van der Waals surface area contributed by atoms with Gasteiger partial charge in [-0.2, -0.15) is 15.0 Å². The molecule has 2 aromatic rings. The predicted octanol–water partition coefficient (Wildman–Crippen LogP) is 3.89. The summed E-state index contributed by atoms with van der Waals surface area (Å²) in [4.78, 5) is 23.2. The van der Waals surface area contributed by atoms with Crippen LogP contribution in [0.25, 0.3) is 0 Å². The molecule has 0 radical (unpaired) electrons. The molecule has 0 bridgehead atoms. The van der Waals surface area contributed by atoms with E-state index >= 15 is 0 Å². The zero-order valence-electron chi connectivity index (χ0n) is 19.3. The number of morpholine rings is 1. The van der Waals surface area contributed by atoms with Gasteiger partial charge in [0.1, 0.15) is 0 Å². The van der Waals surface area contributed by atoms with Gasteiger partial charge in [-0.15, -0.1) is 0 Å². The Morgan fingerprint density at radius 3 is 2.80 bits per heavy atom. The molecule has 1 atom stereocenters. The van der Waals surface area contributed by atoms with Gasteiger partial charge in [-0.3, -0.25) is 9.89 Å². The Balaban J connectivity index is 1.24. The quantitative estimate of drug-likeness (QED) is 0.389. The number of benzene rings is 1. The highest BCUT2D eigenvalue weighted by atomic mass is 32.2. The number of ether oxygens (including phenoxy) is 1. The normalized spacial score (nSPS) is 21.5. The second kappa shape index (κ2) is 12.2. The van der Waals surface area contributed by atoms with Crippen molar-refractivity contribution in [2.45, 2.75) is 28.4 Å². The summed E-state index contributed by atoms with van der Waals surface area (Å²) in [5, 5.41) is 7.37. The summed E-state index contributed by atoms with van der Waals surface area (Å²) in [7, 11) is 0. The van der Waals surface area contributed by atoms with Gasteiger partial charge in [-0.25, -0.2) is 0 Å². The Morgan fingerprint density at radius 1 is 1.11 bits per heavy atom. The zero-order chi connectivity index (χ0) is 23.7. The highest BCUT2D eigenvalue weighted by Gasteiger charge is 2.20. The minimum Gasteiger partial charge on any atom is -0.379 e. The lowest BCUT2D eigenvalue weighted by molar-refractivity contribution is 0.0378. The van der Waals surface area contributed by atoms with E-state index in [-0.39, 0.29) is 5.50 Å². The van der Waals surface area contributed by atoms with Gasteiger partial charge in [-0.05, 0) is 54.6 Å². The number of rotatable bonds is 9. The average molecular weight is 506 g/mol. The van der Waals surface area contributed by atoms with Crippen molar-refractivity contribution in [1.82, 2.24) is 19.9 Å².